The van der Waals surface area contributed by atoms with Crippen molar-refractivity contribution in [1.82, 2.24) is 4.90 Å². The van der Waals surface area contributed by atoms with Crippen molar-refractivity contribution in [3.63, 3.8) is 0 Å². The second-order valence-electron chi connectivity index (χ2n) is 4.64. The van der Waals surface area contributed by atoms with Gasteiger partial charge < -0.3 is 10.0 Å². The highest BCUT2D eigenvalue weighted by Gasteiger charge is 2.15. The molecule has 1 aromatic carbocycles. The summed E-state index contributed by atoms with van der Waals surface area (Å²) in [5.74, 6) is 0.452. The molecule has 1 amide bonds. The first kappa shape index (κ1) is 12.0. The summed E-state index contributed by atoms with van der Waals surface area (Å²) < 4.78 is 0. The molecule has 92 valence electrons. The lowest BCUT2D eigenvalue weighted by Gasteiger charge is -2.20. The maximum absolute atomic E-state index is 12.1. The molecule has 2 rings (SSSR count). The largest absolute Gasteiger partial charge is 0.508 e. The molecule has 1 aliphatic rings. The minimum absolute atomic E-state index is 0.206. The summed E-state index contributed by atoms with van der Waals surface area (Å²) in [7, 11) is 0. The molecule has 1 aliphatic heterocycles. The van der Waals surface area contributed by atoms with Crippen LogP contribution in [0.1, 0.15) is 31.2 Å². The number of likely N-dealkylation sites (tertiary alicyclic amines) is 1. The van der Waals surface area contributed by atoms with Crippen molar-refractivity contribution in [1.29, 1.82) is 0 Å². The second-order valence-corrected chi connectivity index (χ2v) is 4.64. The molecule has 0 spiro atoms. The topological polar surface area (TPSA) is 40.5 Å². The smallest absolute Gasteiger partial charge is 0.226 e. The van der Waals surface area contributed by atoms with E-state index in [1.165, 1.54) is 12.8 Å². The molecule has 1 heterocycles. The highest BCUT2D eigenvalue weighted by atomic mass is 16.3. The molecule has 0 unspecified atom stereocenters. The van der Waals surface area contributed by atoms with Crippen molar-refractivity contribution in [2.45, 2.75) is 32.1 Å². The van der Waals surface area contributed by atoms with Crippen molar-refractivity contribution in [3.8, 4) is 5.75 Å². The third kappa shape index (κ3) is 3.48. The fourth-order valence-corrected chi connectivity index (χ4v) is 2.22. The fraction of sp³-hybridized carbons (Fsp3) is 0.500. The van der Waals surface area contributed by atoms with E-state index in [-0.39, 0.29) is 11.7 Å². The molecule has 0 atom stereocenters. The van der Waals surface area contributed by atoms with E-state index in [4.69, 9.17) is 0 Å². The zero-order valence-electron chi connectivity index (χ0n) is 10.1. The summed E-state index contributed by atoms with van der Waals surface area (Å²) in [6, 6.07) is 6.88. The van der Waals surface area contributed by atoms with Gasteiger partial charge in [-0.15, -0.1) is 0 Å². The lowest BCUT2D eigenvalue weighted by atomic mass is 10.1. The zero-order valence-corrected chi connectivity index (χ0v) is 10.1. The Labute approximate surface area is 102 Å². The summed E-state index contributed by atoms with van der Waals surface area (Å²) in [4.78, 5) is 14.0. The molecule has 0 bridgehead atoms. The van der Waals surface area contributed by atoms with E-state index in [1.54, 1.807) is 12.1 Å². The number of hydrogen-bond donors (Lipinski definition) is 1. The second kappa shape index (κ2) is 5.71. The number of aromatic hydroxyl groups is 1. The number of carbonyl (C=O) groups is 1. The molecule has 1 N–H and O–H groups in total. The Morgan fingerprint density at radius 3 is 2.24 bits per heavy atom. The quantitative estimate of drug-likeness (QED) is 0.851. The van der Waals surface area contributed by atoms with Crippen molar-refractivity contribution in [3.05, 3.63) is 29.8 Å². The third-order valence-electron chi connectivity index (χ3n) is 3.25. The molecule has 1 fully saturated rings. The number of nitrogens with zero attached hydrogens (tertiary/aromatic N) is 1. The maximum Gasteiger partial charge on any atom is 0.226 e. The van der Waals surface area contributed by atoms with Gasteiger partial charge in [0.05, 0.1) is 6.42 Å². The number of hydrogen-bond acceptors (Lipinski definition) is 2. The first-order chi connectivity index (χ1) is 8.25. The lowest BCUT2D eigenvalue weighted by Crippen LogP contribution is -2.33. The van der Waals surface area contributed by atoms with Gasteiger partial charge in [-0.25, -0.2) is 0 Å². The van der Waals surface area contributed by atoms with Crippen LogP contribution in [-0.2, 0) is 11.2 Å². The van der Waals surface area contributed by atoms with Crippen molar-refractivity contribution in [2.75, 3.05) is 13.1 Å². The molecule has 1 aromatic rings. The van der Waals surface area contributed by atoms with Gasteiger partial charge in [0.25, 0.3) is 0 Å². The standard InChI is InChI=1S/C14H19NO2/c16-13-7-5-12(6-8-13)11-14(17)15-9-3-1-2-4-10-15/h5-8,16H,1-4,9-11H2. The van der Waals surface area contributed by atoms with Gasteiger partial charge in [0.1, 0.15) is 5.75 Å². The SMILES string of the molecule is O=C(Cc1ccc(O)cc1)N1CCCCCC1. The molecule has 0 aliphatic carbocycles. The van der Waals surface area contributed by atoms with Crippen molar-refractivity contribution >= 4 is 5.91 Å². The number of amides is 1. The van der Waals surface area contributed by atoms with Crippen LogP contribution in [0, 0.1) is 0 Å². The molecule has 0 radical (unpaired) electrons. The van der Waals surface area contributed by atoms with Gasteiger partial charge in [-0.05, 0) is 30.5 Å². The summed E-state index contributed by atoms with van der Waals surface area (Å²) in [6.45, 7) is 1.80. The van der Waals surface area contributed by atoms with Crippen LogP contribution in [0.5, 0.6) is 5.75 Å². The molecule has 3 nitrogen and oxygen atoms in total. The van der Waals surface area contributed by atoms with Gasteiger partial charge in [-0.3, -0.25) is 4.79 Å². The van der Waals surface area contributed by atoms with Crippen LogP contribution < -0.4 is 0 Å². The van der Waals surface area contributed by atoms with Crippen LogP contribution in [0.15, 0.2) is 24.3 Å². The van der Waals surface area contributed by atoms with Gasteiger partial charge in [0.15, 0.2) is 0 Å². The van der Waals surface area contributed by atoms with Crippen LogP contribution in [0.3, 0.4) is 0 Å². The molecule has 17 heavy (non-hydrogen) atoms. The molecule has 0 aromatic heterocycles. The van der Waals surface area contributed by atoms with Crippen LogP contribution >= 0.6 is 0 Å². The Bertz CT molecular complexity index is 364. The average Bonchev–Trinajstić information content (AvgIpc) is 2.61. The molecule has 3 heteroatoms. The number of rotatable bonds is 2. The Kier molecular flexibility index (Phi) is 4.02. The van der Waals surface area contributed by atoms with Gasteiger partial charge >= 0.3 is 0 Å². The summed E-state index contributed by atoms with van der Waals surface area (Å²) in [5, 5.41) is 9.18. The summed E-state index contributed by atoms with van der Waals surface area (Å²) in [6.07, 6.45) is 5.18. The summed E-state index contributed by atoms with van der Waals surface area (Å²) >= 11 is 0. The minimum atomic E-state index is 0.206. The van der Waals surface area contributed by atoms with Gasteiger partial charge in [-0.1, -0.05) is 25.0 Å². The first-order valence-corrected chi connectivity index (χ1v) is 6.31. The van der Waals surface area contributed by atoms with Crippen LogP contribution in [-0.4, -0.2) is 29.0 Å². The normalized spacial score (nSPS) is 16.6. The highest BCUT2D eigenvalue weighted by molar-refractivity contribution is 5.78. The van der Waals surface area contributed by atoms with E-state index in [1.807, 2.05) is 17.0 Å². The van der Waals surface area contributed by atoms with Crippen molar-refractivity contribution in [2.24, 2.45) is 0 Å². The first-order valence-electron chi connectivity index (χ1n) is 6.31. The number of benzene rings is 1. The number of phenols is 1. The number of phenolic OH excluding ortho intramolecular Hbond substituents is 1. The Balaban J connectivity index is 1.93. The Morgan fingerprint density at radius 2 is 1.65 bits per heavy atom. The molecule has 1 saturated heterocycles. The zero-order chi connectivity index (χ0) is 12.1. The van der Waals surface area contributed by atoms with Gasteiger partial charge in [0, 0.05) is 13.1 Å². The summed E-state index contributed by atoms with van der Waals surface area (Å²) in [5.41, 5.74) is 0.969. The van der Waals surface area contributed by atoms with E-state index >= 15 is 0 Å². The molecule has 0 saturated carbocycles. The third-order valence-corrected chi connectivity index (χ3v) is 3.25. The fourth-order valence-electron chi connectivity index (χ4n) is 2.22. The average molecular weight is 233 g/mol. The Hall–Kier alpha value is -1.51. The minimum Gasteiger partial charge on any atom is -0.508 e. The monoisotopic (exact) mass is 233 g/mol. The van der Waals surface area contributed by atoms with E-state index in [0.717, 1.165) is 31.5 Å². The Morgan fingerprint density at radius 1 is 1.06 bits per heavy atom. The van der Waals surface area contributed by atoms with E-state index in [0.29, 0.717) is 6.42 Å². The molecular weight excluding hydrogens is 214 g/mol. The highest BCUT2D eigenvalue weighted by Crippen LogP contribution is 2.13. The van der Waals surface area contributed by atoms with Crippen LogP contribution in [0.25, 0.3) is 0 Å². The number of carbonyl (C=O) groups excluding carboxylic acids is 1. The van der Waals surface area contributed by atoms with Crippen LogP contribution in [0.4, 0.5) is 0 Å². The van der Waals surface area contributed by atoms with E-state index in [9.17, 15) is 9.90 Å². The predicted molar refractivity (Wildman–Crippen MR) is 66.9 cm³/mol. The van der Waals surface area contributed by atoms with Crippen molar-refractivity contribution < 1.29 is 9.90 Å². The van der Waals surface area contributed by atoms with E-state index in [2.05, 4.69) is 0 Å². The predicted octanol–water partition coefficient (Wildman–Crippen LogP) is 2.34. The maximum atomic E-state index is 12.1. The van der Waals surface area contributed by atoms with E-state index < -0.39 is 0 Å². The van der Waals surface area contributed by atoms with Gasteiger partial charge in [-0.2, -0.15) is 0 Å². The van der Waals surface area contributed by atoms with Gasteiger partial charge in [0.2, 0.25) is 5.91 Å². The molecular formula is C14H19NO2. The lowest BCUT2D eigenvalue weighted by molar-refractivity contribution is -0.130. The van der Waals surface area contributed by atoms with Crippen LogP contribution in [0.2, 0.25) is 0 Å².